The molecule has 2 aromatic carbocycles. The highest BCUT2D eigenvalue weighted by Gasteiger charge is 2.12. The van der Waals surface area contributed by atoms with E-state index < -0.39 is 0 Å². The van der Waals surface area contributed by atoms with Crippen molar-refractivity contribution in [3.05, 3.63) is 59.7 Å². The molecule has 0 saturated carbocycles. The maximum absolute atomic E-state index is 12.2. The molecule has 2 aromatic rings. The van der Waals surface area contributed by atoms with Crippen molar-refractivity contribution in [2.75, 3.05) is 11.9 Å². The van der Waals surface area contributed by atoms with Crippen LogP contribution in [-0.2, 0) is 4.79 Å². The standard InChI is InChI=1S/C20H26N2O2/c1-3-4-12-24-17-10-11-19(15(2)13-17)22-20(23)14-18(21)16-8-6-5-7-9-16/h5-11,13,18H,3-4,12,14,21H2,1-2H3,(H,22,23). The van der Waals surface area contributed by atoms with Gasteiger partial charge in [0, 0.05) is 18.2 Å². The van der Waals surface area contributed by atoms with Gasteiger partial charge in [-0.2, -0.15) is 0 Å². The largest absolute Gasteiger partial charge is 0.494 e. The number of ether oxygens (including phenoxy) is 1. The van der Waals surface area contributed by atoms with Crippen LogP contribution in [0.1, 0.15) is 43.4 Å². The predicted molar refractivity (Wildman–Crippen MR) is 98.2 cm³/mol. The van der Waals surface area contributed by atoms with Gasteiger partial charge in [-0.25, -0.2) is 0 Å². The topological polar surface area (TPSA) is 64.3 Å². The molecule has 4 heteroatoms. The molecule has 0 spiro atoms. The zero-order chi connectivity index (χ0) is 17.4. The Balaban J connectivity index is 1.91. The second-order valence-electron chi connectivity index (χ2n) is 5.95. The molecule has 0 aliphatic carbocycles. The van der Waals surface area contributed by atoms with E-state index in [1.54, 1.807) is 0 Å². The number of nitrogens with one attached hydrogen (secondary N) is 1. The summed E-state index contributed by atoms with van der Waals surface area (Å²) in [7, 11) is 0. The Morgan fingerprint density at radius 2 is 1.96 bits per heavy atom. The SMILES string of the molecule is CCCCOc1ccc(NC(=O)CC(N)c2ccccc2)c(C)c1. The van der Waals surface area contributed by atoms with E-state index in [2.05, 4.69) is 12.2 Å². The van der Waals surface area contributed by atoms with E-state index in [-0.39, 0.29) is 18.4 Å². The lowest BCUT2D eigenvalue weighted by molar-refractivity contribution is -0.116. The molecular formula is C20H26N2O2. The third kappa shape index (κ3) is 5.39. The summed E-state index contributed by atoms with van der Waals surface area (Å²) >= 11 is 0. The zero-order valence-corrected chi connectivity index (χ0v) is 14.4. The van der Waals surface area contributed by atoms with E-state index in [9.17, 15) is 4.79 Å². The second-order valence-corrected chi connectivity index (χ2v) is 5.95. The Bertz CT molecular complexity index is 656. The fourth-order valence-electron chi connectivity index (χ4n) is 2.42. The third-order valence-electron chi connectivity index (χ3n) is 3.87. The van der Waals surface area contributed by atoms with Gasteiger partial charge in [0.1, 0.15) is 5.75 Å². The van der Waals surface area contributed by atoms with E-state index >= 15 is 0 Å². The Hall–Kier alpha value is -2.33. The van der Waals surface area contributed by atoms with E-state index in [0.717, 1.165) is 35.4 Å². The normalized spacial score (nSPS) is 11.8. The van der Waals surface area contributed by atoms with Crippen LogP contribution in [0.4, 0.5) is 5.69 Å². The molecule has 0 aliphatic heterocycles. The number of unbranched alkanes of at least 4 members (excludes halogenated alkanes) is 1. The molecule has 128 valence electrons. The first-order valence-electron chi connectivity index (χ1n) is 8.44. The Labute approximate surface area is 144 Å². The van der Waals surface area contributed by atoms with Gasteiger partial charge in [0.15, 0.2) is 0 Å². The highest BCUT2D eigenvalue weighted by Crippen LogP contribution is 2.22. The molecule has 0 aliphatic rings. The van der Waals surface area contributed by atoms with Gasteiger partial charge in [-0.3, -0.25) is 4.79 Å². The van der Waals surface area contributed by atoms with Crippen molar-refractivity contribution in [1.82, 2.24) is 0 Å². The average Bonchev–Trinajstić information content (AvgIpc) is 2.58. The number of hydrogen-bond donors (Lipinski definition) is 2. The average molecular weight is 326 g/mol. The van der Waals surface area contributed by atoms with Crippen molar-refractivity contribution in [3.8, 4) is 5.75 Å². The molecule has 0 radical (unpaired) electrons. The van der Waals surface area contributed by atoms with E-state index in [1.165, 1.54) is 0 Å². The third-order valence-corrected chi connectivity index (χ3v) is 3.87. The molecule has 0 saturated heterocycles. The van der Waals surface area contributed by atoms with Crippen LogP contribution < -0.4 is 15.8 Å². The number of carbonyl (C=O) groups is 1. The number of rotatable bonds is 8. The molecule has 0 bridgehead atoms. The van der Waals surface area contributed by atoms with Gasteiger partial charge >= 0.3 is 0 Å². The number of amides is 1. The fourth-order valence-corrected chi connectivity index (χ4v) is 2.42. The van der Waals surface area contributed by atoms with Crippen molar-refractivity contribution in [2.24, 2.45) is 5.73 Å². The minimum Gasteiger partial charge on any atom is -0.494 e. The smallest absolute Gasteiger partial charge is 0.226 e. The van der Waals surface area contributed by atoms with Gasteiger partial charge in [-0.05, 0) is 42.7 Å². The van der Waals surface area contributed by atoms with Crippen LogP contribution in [0.5, 0.6) is 5.75 Å². The molecule has 0 heterocycles. The van der Waals surface area contributed by atoms with Gasteiger partial charge in [0.2, 0.25) is 5.91 Å². The summed E-state index contributed by atoms with van der Waals surface area (Å²) in [5.74, 6) is 0.744. The summed E-state index contributed by atoms with van der Waals surface area (Å²) in [4.78, 5) is 12.2. The molecular weight excluding hydrogens is 300 g/mol. The van der Waals surface area contributed by atoms with Gasteiger partial charge in [-0.15, -0.1) is 0 Å². The maximum atomic E-state index is 12.2. The monoisotopic (exact) mass is 326 g/mol. The van der Waals surface area contributed by atoms with E-state index in [1.807, 2.05) is 55.5 Å². The lowest BCUT2D eigenvalue weighted by Crippen LogP contribution is -2.20. The van der Waals surface area contributed by atoms with E-state index in [4.69, 9.17) is 10.5 Å². The summed E-state index contributed by atoms with van der Waals surface area (Å²) in [6.07, 6.45) is 2.39. The highest BCUT2D eigenvalue weighted by molar-refractivity contribution is 5.92. The van der Waals surface area contributed by atoms with Gasteiger partial charge in [-0.1, -0.05) is 43.7 Å². The molecule has 1 amide bonds. The van der Waals surface area contributed by atoms with Crippen LogP contribution in [0.15, 0.2) is 48.5 Å². The summed E-state index contributed by atoms with van der Waals surface area (Å²) in [5, 5.41) is 2.93. The van der Waals surface area contributed by atoms with Crippen molar-refractivity contribution < 1.29 is 9.53 Å². The molecule has 1 unspecified atom stereocenters. The zero-order valence-electron chi connectivity index (χ0n) is 14.4. The molecule has 4 nitrogen and oxygen atoms in total. The van der Waals surface area contributed by atoms with Crippen LogP contribution in [-0.4, -0.2) is 12.5 Å². The first kappa shape index (κ1) is 18.0. The molecule has 24 heavy (non-hydrogen) atoms. The van der Waals surface area contributed by atoms with Crippen LogP contribution in [0.3, 0.4) is 0 Å². The molecule has 1 atom stereocenters. The van der Waals surface area contributed by atoms with Crippen molar-refractivity contribution in [2.45, 2.75) is 39.2 Å². The Morgan fingerprint density at radius 1 is 1.21 bits per heavy atom. The summed E-state index contributed by atoms with van der Waals surface area (Å²) in [6.45, 7) is 4.81. The van der Waals surface area contributed by atoms with Crippen molar-refractivity contribution in [3.63, 3.8) is 0 Å². The Morgan fingerprint density at radius 3 is 2.62 bits per heavy atom. The number of nitrogens with two attached hydrogens (primary N) is 1. The van der Waals surface area contributed by atoms with Gasteiger partial charge < -0.3 is 15.8 Å². The Kier molecular flexibility index (Phi) is 6.82. The maximum Gasteiger partial charge on any atom is 0.226 e. The fraction of sp³-hybridized carbons (Fsp3) is 0.350. The van der Waals surface area contributed by atoms with Crippen LogP contribution in [0.25, 0.3) is 0 Å². The first-order valence-corrected chi connectivity index (χ1v) is 8.44. The van der Waals surface area contributed by atoms with Crippen LogP contribution in [0, 0.1) is 6.92 Å². The van der Waals surface area contributed by atoms with Gasteiger partial charge in [0.05, 0.1) is 6.61 Å². The molecule has 0 aromatic heterocycles. The predicted octanol–water partition coefficient (Wildman–Crippen LogP) is 4.20. The van der Waals surface area contributed by atoms with E-state index in [0.29, 0.717) is 6.61 Å². The van der Waals surface area contributed by atoms with Crippen molar-refractivity contribution in [1.29, 1.82) is 0 Å². The van der Waals surface area contributed by atoms with Crippen molar-refractivity contribution >= 4 is 11.6 Å². The lowest BCUT2D eigenvalue weighted by Gasteiger charge is -2.14. The molecule has 0 fully saturated rings. The molecule has 2 rings (SSSR count). The molecule has 3 N–H and O–H groups in total. The summed E-state index contributed by atoms with van der Waals surface area (Å²) in [5.41, 5.74) is 8.83. The van der Waals surface area contributed by atoms with Gasteiger partial charge in [0.25, 0.3) is 0 Å². The first-order chi connectivity index (χ1) is 11.6. The highest BCUT2D eigenvalue weighted by atomic mass is 16.5. The summed E-state index contributed by atoms with van der Waals surface area (Å²) in [6, 6.07) is 15.1. The lowest BCUT2D eigenvalue weighted by atomic mass is 10.0. The number of anilines is 1. The summed E-state index contributed by atoms with van der Waals surface area (Å²) < 4.78 is 5.68. The number of aryl methyl sites for hydroxylation is 1. The number of carbonyl (C=O) groups excluding carboxylic acids is 1. The number of benzene rings is 2. The van der Waals surface area contributed by atoms with Crippen LogP contribution in [0.2, 0.25) is 0 Å². The second kappa shape index (κ2) is 9.08. The quantitative estimate of drug-likeness (QED) is 0.715. The minimum atomic E-state index is -0.303. The number of hydrogen-bond acceptors (Lipinski definition) is 3. The minimum absolute atomic E-state index is 0.0888. The van der Waals surface area contributed by atoms with Crippen LogP contribution >= 0.6 is 0 Å².